The van der Waals surface area contributed by atoms with E-state index in [4.69, 9.17) is 9.72 Å². The van der Waals surface area contributed by atoms with Crippen LogP contribution in [-0.2, 0) is 11.3 Å². The van der Waals surface area contributed by atoms with Crippen LogP contribution in [0.2, 0.25) is 0 Å². The van der Waals surface area contributed by atoms with Gasteiger partial charge in [0.1, 0.15) is 24.0 Å². The second kappa shape index (κ2) is 8.70. The fraction of sp³-hybridized carbons (Fsp3) is 0.259. The normalized spacial score (nSPS) is 16.0. The summed E-state index contributed by atoms with van der Waals surface area (Å²) in [6.07, 6.45) is 0.301. The highest BCUT2D eigenvalue weighted by atomic mass is 19.1. The molecule has 1 amide bonds. The number of amides is 1. The molecule has 2 heterocycles. The average Bonchev–Trinajstić information content (AvgIpc) is 3.34. The first-order valence-corrected chi connectivity index (χ1v) is 11.2. The first-order chi connectivity index (χ1) is 16.0. The smallest absolute Gasteiger partial charge is 0.227 e. The summed E-state index contributed by atoms with van der Waals surface area (Å²) in [4.78, 5) is 19.2. The molecule has 33 heavy (non-hydrogen) atoms. The van der Waals surface area contributed by atoms with Gasteiger partial charge in [0.25, 0.3) is 0 Å². The van der Waals surface area contributed by atoms with E-state index in [9.17, 15) is 9.18 Å². The number of ether oxygens (including phenoxy) is 1. The van der Waals surface area contributed by atoms with Crippen LogP contribution in [0, 0.1) is 19.7 Å². The van der Waals surface area contributed by atoms with E-state index in [0.29, 0.717) is 31.8 Å². The Balaban J connectivity index is 1.41. The van der Waals surface area contributed by atoms with Gasteiger partial charge in [-0.3, -0.25) is 4.79 Å². The number of imidazole rings is 1. The Morgan fingerprint density at radius 3 is 2.55 bits per heavy atom. The number of nitrogens with zero attached hydrogens (tertiary/aromatic N) is 3. The Morgan fingerprint density at radius 1 is 1.03 bits per heavy atom. The molecule has 1 aromatic heterocycles. The number of rotatable bonds is 6. The summed E-state index contributed by atoms with van der Waals surface area (Å²) in [6.45, 7) is 5.60. The lowest BCUT2D eigenvalue weighted by molar-refractivity contribution is -0.117. The molecule has 0 radical (unpaired) electrons. The van der Waals surface area contributed by atoms with Crippen molar-refractivity contribution in [3.63, 3.8) is 0 Å². The Bertz CT molecular complexity index is 1310. The lowest BCUT2D eigenvalue weighted by Gasteiger charge is -2.18. The minimum atomic E-state index is -0.387. The highest BCUT2D eigenvalue weighted by Crippen LogP contribution is 2.34. The lowest BCUT2D eigenvalue weighted by Crippen LogP contribution is -2.25. The van der Waals surface area contributed by atoms with E-state index < -0.39 is 0 Å². The first kappa shape index (κ1) is 21.2. The van der Waals surface area contributed by atoms with Crippen LogP contribution in [0.4, 0.5) is 10.1 Å². The Labute approximate surface area is 192 Å². The van der Waals surface area contributed by atoms with Crippen LogP contribution < -0.4 is 9.64 Å². The first-order valence-electron chi connectivity index (χ1n) is 11.2. The number of carbonyl (C=O) groups excluding carboxylic acids is 1. The van der Waals surface area contributed by atoms with E-state index in [0.717, 1.165) is 33.7 Å². The predicted molar refractivity (Wildman–Crippen MR) is 127 cm³/mol. The maximum atomic E-state index is 14.3. The Morgan fingerprint density at radius 2 is 1.76 bits per heavy atom. The molecular weight excluding hydrogens is 417 g/mol. The van der Waals surface area contributed by atoms with Crippen molar-refractivity contribution in [1.82, 2.24) is 9.55 Å². The number of aromatic nitrogens is 2. The van der Waals surface area contributed by atoms with Gasteiger partial charge in [0.2, 0.25) is 5.91 Å². The zero-order valence-electron chi connectivity index (χ0n) is 18.8. The quantitative estimate of drug-likeness (QED) is 0.401. The van der Waals surface area contributed by atoms with Crippen LogP contribution in [0.5, 0.6) is 5.75 Å². The molecule has 5 nitrogen and oxygen atoms in total. The SMILES string of the molecule is Cc1cc(C)cc(OCCn2c(C3CC(=O)N(c4ccccc4F)C3)nc3ccccc32)c1. The average molecular weight is 444 g/mol. The van der Waals surface area contributed by atoms with Gasteiger partial charge in [0.05, 0.1) is 23.3 Å². The molecule has 1 aliphatic rings. The standard InChI is InChI=1S/C27H26FN3O2/c1-18-13-19(2)15-21(14-18)33-12-11-30-25-10-6-4-8-23(25)29-27(30)20-16-26(32)31(17-20)24-9-5-3-7-22(24)28/h3-10,13-15,20H,11-12,16-17H2,1-2H3. The van der Waals surface area contributed by atoms with E-state index in [1.165, 1.54) is 11.0 Å². The number of benzene rings is 3. The van der Waals surface area contributed by atoms with E-state index in [1.54, 1.807) is 18.2 Å². The summed E-state index contributed by atoms with van der Waals surface area (Å²) in [5.74, 6) is 1.09. The summed E-state index contributed by atoms with van der Waals surface area (Å²) in [6, 6.07) is 20.5. The molecule has 4 aromatic rings. The largest absolute Gasteiger partial charge is 0.492 e. The summed E-state index contributed by atoms with van der Waals surface area (Å²) >= 11 is 0. The number of carbonyl (C=O) groups is 1. The number of hydrogen-bond acceptors (Lipinski definition) is 3. The van der Waals surface area contributed by atoms with Gasteiger partial charge in [-0.25, -0.2) is 9.37 Å². The number of para-hydroxylation sites is 3. The molecule has 1 atom stereocenters. The molecule has 1 fully saturated rings. The molecule has 0 aliphatic carbocycles. The summed E-state index contributed by atoms with van der Waals surface area (Å²) < 4.78 is 22.5. The molecular formula is C27H26FN3O2. The van der Waals surface area contributed by atoms with Gasteiger partial charge in [0.15, 0.2) is 0 Å². The topological polar surface area (TPSA) is 47.4 Å². The molecule has 6 heteroatoms. The third-order valence-corrected chi connectivity index (χ3v) is 6.10. The zero-order chi connectivity index (χ0) is 22.9. The van der Waals surface area contributed by atoms with Crippen molar-refractivity contribution in [3.05, 3.63) is 89.5 Å². The zero-order valence-corrected chi connectivity index (χ0v) is 18.8. The number of hydrogen-bond donors (Lipinski definition) is 0. The van der Waals surface area contributed by atoms with E-state index >= 15 is 0 Å². The van der Waals surface area contributed by atoms with Gasteiger partial charge in [0, 0.05) is 18.9 Å². The van der Waals surface area contributed by atoms with E-state index in [-0.39, 0.29) is 17.6 Å². The Kier molecular flexibility index (Phi) is 5.58. The van der Waals surface area contributed by atoms with Gasteiger partial charge < -0.3 is 14.2 Å². The van der Waals surface area contributed by atoms with Crippen LogP contribution >= 0.6 is 0 Å². The van der Waals surface area contributed by atoms with Gasteiger partial charge in [-0.2, -0.15) is 0 Å². The second-order valence-electron chi connectivity index (χ2n) is 8.64. The minimum Gasteiger partial charge on any atom is -0.492 e. The van der Waals surface area contributed by atoms with E-state index in [1.807, 2.05) is 36.4 Å². The lowest BCUT2D eigenvalue weighted by atomic mass is 10.1. The van der Waals surface area contributed by atoms with Crippen LogP contribution in [0.3, 0.4) is 0 Å². The van der Waals surface area contributed by atoms with Crippen LogP contribution in [0.15, 0.2) is 66.7 Å². The summed E-state index contributed by atoms with van der Waals surface area (Å²) in [7, 11) is 0. The van der Waals surface area contributed by atoms with E-state index in [2.05, 4.69) is 24.5 Å². The molecule has 1 saturated heterocycles. The van der Waals surface area contributed by atoms with Crippen molar-refractivity contribution in [3.8, 4) is 5.75 Å². The summed E-state index contributed by atoms with van der Waals surface area (Å²) in [5.41, 5.74) is 4.54. The van der Waals surface area contributed by atoms with Crippen molar-refractivity contribution in [2.45, 2.75) is 32.7 Å². The van der Waals surface area contributed by atoms with Crippen molar-refractivity contribution >= 4 is 22.6 Å². The van der Waals surface area contributed by atoms with Gasteiger partial charge in [-0.05, 0) is 61.4 Å². The van der Waals surface area contributed by atoms with Crippen molar-refractivity contribution in [2.24, 2.45) is 0 Å². The third kappa shape index (κ3) is 4.21. The Hall–Kier alpha value is -3.67. The fourth-order valence-electron chi connectivity index (χ4n) is 4.70. The molecule has 1 unspecified atom stereocenters. The highest BCUT2D eigenvalue weighted by molar-refractivity contribution is 5.96. The molecule has 0 saturated carbocycles. The number of fused-ring (bicyclic) bond motifs is 1. The summed E-state index contributed by atoms with van der Waals surface area (Å²) in [5, 5.41) is 0. The van der Waals surface area contributed by atoms with Crippen LogP contribution in [0.1, 0.15) is 29.3 Å². The molecule has 168 valence electrons. The van der Waals surface area contributed by atoms with Gasteiger partial charge in [-0.15, -0.1) is 0 Å². The second-order valence-corrected chi connectivity index (χ2v) is 8.64. The van der Waals surface area contributed by atoms with Gasteiger partial charge >= 0.3 is 0 Å². The molecule has 3 aromatic carbocycles. The van der Waals surface area contributed by atoms with Crippen LogP contribution in [0.25, 0.3) is 11.0 Å². The maximum absolute atomic E-state index is 14.3. The third-order valence-electron chi connectivity index (χ3n) is 6.10. The maximum Gasteiger partial charge on any atom is 0.227 e. The van der Waals surface area contributed by atoms with Crippen LogP contribution in [-0.4, -0.2) is 28.6 Å². The molecule has 1 aliphatic heterocycles. The van der Waals surface area contributed by atoms with Crippen molar-refractivity contribution in [1.29, 1.82) is 0 Å². The molecule has 0 bridgehead atoms. The highest BCUT2D eigenvalue weighted by Gasteiger charge is 2.35. The number of halogens is 1. The monoisotopic (exact) mass is 443 g/mol. The predicted octanol–water partition coefficient (Wildman–Crippen LogP) is 5.39. The minimum absolute atomic E-state index is 0.0878. The molecule has 0 N–H and O–H groups in total. The number of aryl methyl sites for hydroxylation is 2. The van der Waals surface area contributed by atoms with Crippen molar-refractivity contribution in [2.75, 3.05) is 18.1 Å². The number of anilines is 1. The van der Waals surface area contributed by atoms with Crippen molar-refractivity contribution < 1.29 is 13.9 Å². The fourth-order valence-corrected chi connectivity index (χ4v) is 4.70. The molecule has 5 rings (SSSR count). The van der Waals surface area contributed by atoms with Gasteiger partial charge in [-0.1, -0.05) is 30.3 Å². The molecule has 0 spiro atoms.